The van der Waals surface area contributed by atoms with Gasteiger partial charge in [-0.05, 0) is 42.2 Å². The summed E-state index contributed by atoms with van der Waals surface area (Å²) in [5.74, 6) is 0.968. The number of rotatable bonds is 8. The number of fused-ring (bicyclic) bond motifs is 1. The van der Waals surface area contributed by atoms with E-state index in [1.165, 1.54) is 0 Å². The zero-order chi connectivity index (χ0) is 20.9. The lowest BCUT2D eigenvalue weighted by molar-refractivity contribution is -0.132. The zero-order valence-corrected chi connectivity index (χ0v) is 17.5. The molecule has 1 saturated carbocycles. The van der Waals surface area contributed by atoms with Crippen molar-refractivity contribution in [1.82, 2.24) is 4.90 Å². The molecule has 30 heavy (non-hydrogen) atoms. The highest BCUT2D eigenvalue weighted by Crippen LogP contribution is 2.34. The van der Waals surface area contributed by atoms with Gasteiger partial charge in [-0.15, -0.1) is 0 Å². The number of carbonyl (C=O) groups is 1. The standard InChI is InChI=1S/C24H30N2O4/c1-29-22-9-10-23-19(13-22)14-26(20-7-8-20)24(28)11-12-25(23)15-21(27)17-30-16-18-5-3-2-4-6-18/h2-6,9-10,13,20-21,27H,7-8,11-12,14-17H2,1H3/t21-/m1/s1. The maximum atomic E-state index is 12.8. The van der Waals surface area contributed by atoms with Gasteiger partial charge < -0.3 is 24.4 Å². The number of hydrogen-bond acceptors (Lipinski definition) is 5. The summed E-state index contributed by atoms with van der Waals surface area (Å²) in [4.78, 5) is 16.9. The van der Waals surface area contributed by atoms with Gasteiger partial charge in [0, 0.05) is 37.8 Å². The number of methoxy groups -OCH3 is 1. The molecule has 1 fully saturated rings. The van der Waals surface area contributed by atoms with Crippen LogP contribution < -0.4 is 9.64 Å². The Morgan fingerprint density at radius 1 is 1.17 bits per heavy atom. The summed E-state index contributed by atoms with van der Waals surface area (Å²) in [5.41, 5.74) is 3.20. The number of aliphatic hydroxyl groups is 1. The van der Waals surface area contributed by atoms with Gasteiger partial charge in [0.25, 0.3) is 0 Å². The van der Waals surface area contributed by atoms with Gasteiger partial charge in [-0.2, -0.15) is 0 Å². The molecule has 0 spiro atoms. The predicted molar refractivity (Wildman–Crippen MR) is 116 cm³/mol. The first-order valence-corrected chi connectivity index (χ1v) is 10.6. The summed E-state index contributed by atoms with van der Waals surface area (Å²) in [6.07, 6.45) is 2.00. The number of carbonyl (C=O) groups excluding carboxylic acids is 1. The fourth-order valence-corrected chi connectivity index (χ4v) is 3.99. The van der Waals surface area contributed by atoms with Crippen LogP contribution in [0.4, 0.5) is 5.69 Å². The van der Waals surface area contributed by atoms with E-state index < -0.39 is 6.10 Å². The van der Waals surface area contributed by atoms with E-state index in [0.717, 1.165) is 35.4 Å². The Kier molecular flexibility index (Phi) is 6.55. The van der Waals surface area contributed by atoms with Crippen molar-refractivity contribution in [3.63, 3.8) is 0 Å². The second kappa shape index (κ2) is 9.49. The van der Waals surface area contributed by atoms with Gasteiger partial charge in [-0.1, -0.05) is 30.3 Å². The van der Waals surface area contributed by atoms with E-state index in [0.29, 0.717) is 38.7 Å². The predicted octanol–water partition coefficient (Wildman–Crippen LogP) is 2.97. The van der Waals surface area contributed by atoms with Crippen molar-refractivity contribution in [2.45, 2.75) is 44.6 Å². The Morgan fingerprint density at radius 3 is 2.70 bits per heavy atom. The van der Waals surface area contributed by atoms with Crippen molar-refractivity contribution in [3.05, 3.63) is 59.7 Å². The molecule has 0 bridgehead atoms. The normalized spacial score (nSPS) is 17.9. The first-order valence-electron chi connectivity index (χ1n) is 10.6. The van der Waals surface area contributed by atoms with Crippen LogP contribution in [0.15, 0.2) is 48.5 Å². The van der Waals surface area contributed by atoms with E-state index in [1.54, 1.807) is 7.11 Å². The average molecular weight is 411 g/mol. The highest BCUT2D eigenvalue weighted by molar-refractivity contribution is 5.78. The number of amides is 1. The Hall–Kier alpha value is -2.57. The molecular weight excluding hydrogens is 380 g/mol. The molecule has 6 heteroatoms. The largest absolute Gasteiger partial charge is 0.497 e. The molecule has 1 aliphatic carbocycles. The summed E-state index contributed by atoms with van der Waals surface area (Å²) in [5, 5.41) is 10.6. The van der Waals surface area contributed by atoms with Crippen LogP contribution in [0.25, 0.3) is 0 Å². The van der Waals surface area contributed by atoms with Gasteiger partial charge >= 0.3 is 0 Å². The van der Waals surface area contributed by atoms with Gasteiger partial charge in [0.05, 0.1) is 26.4 Å². The van der Waals surface area contributed by atoms with Gasteiger partial charge in [-0.3, -0.25) is 4.79 Å². The van der Waals surface area contributed by atoms with E-state index in [4.69, 9.17) is 9.47 Å². The van der Waals surface area contributed by atoms with Crippen molar-refractivity contribution < 1.29 is 19.4 Å². The molecule has 1 heterocycles. The van der Waals surface area contributed by atoms with Crippen LogP contribution >= 0.6 is 0 Å². The van der Waals surface area contributed by atoms with Gasteiger partial charge in [0.2, 0.25) is 5.91 Å². The second-order valence-electron chi connectivity index (χ2n) is 8.10. The van der Waals surface area contributed by atoms with Crippen molar-refractivity contribution in [3.8, 4) is 5.75 Å². The molecule has 2 aromatic carbocycles. The minimum atomic E-state index is -0.641. The van der Waals surface area contributed by atoms with Crippen LogP contribution in [0.5, 0.6) is 5.75 Å². The molecule has 160 valence electrons. The highest BCUT2D eigenvalue weighted by Gasteiger charge is 2.34. The SMILES string of the molecule is COc1ccc2c(c1)CN(C1CC1)C(=O)CCN2C[C@@H](O)COCc1ccccc1. The van der Waals surface area contributed by atoms with Gasteiger partial charge in [-0.25, -0.2) is 0 Å². The maximum Gasteiger partial charge on any atom is 0.224 e. The lowest BCUT2D eigenvalue weighted by Crippen LogP contribution is -2.42. The lowest BCUT2D eigenvalue weighted by Gasteiger charge is -2.34. The maximum absolute atomic E-state index is 12.8. The summed E-state index contributed by atoms with van der Waals surface area (Å²) < 4.78 is 11.1. The third-order valence-corrected chi connectivity index (χ3v) is 5.72. The summed E-state index contributed by atoms with van der Waals surface area (Å²) in [6, 6.07) is 16.3. The van der Waals surface area contributed by atoms with Crippen LogP contribution in [0.1, 0.15) is 30.4 Å². The number of benzene rings is 2. The van der Waals surface area contributed by atoms with Crippen molar-refractivity contribution in [2.75, 3.05) is 31.7 Å². The number of aliphatic hydroxyl groups excluding tert-OH is 1. The summed E-state index contributed by atoms with van der Waals surface area (Å²) in [7, 11) is 1.65. The quantitative estimate of drug-likeness (QED) is 0.725. The Bertz CT molecular complexity index is 854. The van der Waals surface area contributed by atoms with Crippen molar-refractivity contribution in [1.29, 1.82) is 0 Å². The number of hydrogen-bond donors (Lipinski definition) is 1. The van der Waals surface area contributed by atoms with E-state index in [1.807, 2.05) is 53.4 Å². The average Bonchev–Trinajstić information content (AvgIpc) is 3.59. The molecule has 1 atom stereocenters. The Labute approximate surface area is 178 Å². The number of nitrogens with zero attached hydrogens (tertiary/aromatic N) is 2. The lowest BCUT2D eigenvalue weighted by atomic mass is 10.1. The van der Waals surface area contributed by atoms with Crippen molar-refractivity contribution >= 4 is 11.6 Å². The van der Waals surface area contributed by atoms with Gasteiger partial charge in [0.15, 0.2) is 0 Å². The minimum absolute atomic E-state index is 0.186. The minimum Gasteiger partial charge on any atom is -0.497 e. The van der Waals surface area contributed by atoms with Crippen LogP contribution in [-0.4, -0.2) is 54.9 Å². The smallest absolute Gasteiger partial charge is 0.224 e. The van der Waals surface area contributed by atoms with Crippen LogP contribution in [0.2, 0.25) is 0 Å². The fourth-order valence-electron chi connectivity index (χ4n) is 3.99. The molecule has 1 aliphatic heterocycles. The van der Waals surface area contributed by atoms with Gasteiger partial charge in [0.1, 0.15) is 5.75 Å². The van der Waals surface area contributed by atoms with Crippen molar-refractivity contribution in [2.24, 2.45) is 0 Å². The topological polar surface area (TPSA) is 62.2 Å². The molecule has 6 nitrogen and oxygen atoms in total. The van der Waals surface area contributed by atoms with E-state index in [2.05, 4.69) is 4.90 Å². The molecule has 2 aromatic rings. The first kappa shape index (κ1) is 20.7. The number of anilines is 1. The third kappa shape index (κ3) is 5.12. The molecule has 1 N–H and O–H groups in total. The molecule has 4 rings (SSSR count). The number of ether oxygens (including phenoxy) is 2. The molecule has 0 saturated heterocycles. The van der Waals surface area contributed by atoms with E-state index in [9.17, 15) is 9.90 Å². The first-order chi connectivity index (χ1) is 14.6. The molecular formula is C24H30N2O4. The molecule has 0 radical (unpaired) electrons. The van der Waals surface area contributed by atoms with E-state index >= 15 is 0 Å². The molecule has 0 aromatic heterocycles. The summed E-state index contributed by atoms with van der Waals surface area (Å²) >= 11 is 0. The van der Waals surface area contributed by atoms with Crippen LogP contribution in [0.3, 0.4) is 0 Å². The fraction of sp³-hybridized carbons (Fsp3) is 0.458. The highest BCUT2D eigenvalue weighted by atomic mass is 16.5. The molecule has 0 unspecified atom stereocenters. The number of β-amino-alcohol motifs (C(OH)–C–C–N with tert-alkyl or cyclic N) is 1. The monoisotopic (exact) mass is 410 g/mol. The third-order valence-electron chi connectivity index (χ3n) is 5.72. The van der Waals surface area contributed by atoms with Crippen LogP contribution in [0, 0.1) is 0 Å². The molecule has 1 amide bonds. The van der Waals surface area contributed by atoms with Crippen LogP contribution in [-0.2, 0) is 22.7 Å². The summed E-state index contributed by atoms with van der Waals surface area (Å²) in [6.45, 7) is 2.31. The Balaban J connectivity index is 1.44. The zero-order valence-electron chi connectivity index (χ0n) is 17.5. The second-order valence-corrected chi connectivity index (χ2v) is 8.10. The molecule has 2 aliphatic rings. The Morgan fingerprint density at radius 2 is 1.97 bits per heavy atom. The van der Waals surface area contributed by atoms with E-state index in [-0.39, 0.29) is 12.5 Å².